The summed E-state index contributed by atoms with van der Waals surface area (Å²) in [6, 6.07) is 0. The van der Waals surface area contributed by atoms with E-state index in [0.29, 0.717) is 19.3 Å². The van der Waals surface area contributed by atoms with Gasteiger partial charge in [-0.15, -0.1) is 0 Å². The molecule has 0 N–H and O–H groups in total. The zero-order valence-corrected chi connectivity index (χ0v) is 41.3. The summed E-state index contributed by atoms with van der Waals surface area (Å²) in [5.74, 6) is -0.909. The van der Waals surface area contributed by atoms with E-state index in [1.807, 2.05) is 0 Å². The van der Waals surface area contributed by atoms with Crippen molar-refractivity contribution >= 4 is 17.9 Å². The molecule has 0 saturated carbocycles. The van der Waals surface area contributed by atoms with E-state index in [0.717, 1.165) is 109 Å². The quantitative estimate of drug-likeness (QED) is 0.0262. The van der Waals surface area contributed by atoms with Crippen LogP contribution in [-0.4, -0.2) is 37.2 Å². The Kier molecular flexibility index (Phi) is 48.9. The SMILES string of the molecule is CC/C=C\C/C=C\C/C=C\C/C=C\C/C=C\C/C=C\CCCCCCC(=O)OCC(COC(=O)CCCCCCCCC)OC(=O)CCCCCCCCCCCCCCCCC. The fourth-order valence-corrected chi connectivity index (χ4v) is 7.27. The summed E-state index contributed by atoms with van der Waals surface area (Å²) in [5, 5.41) is 0. The van der Waals surface area contributed by atoms with Crippen LogP contribution in [0.1, 0.15) is 252 Å². The molecule has 0 aromatic carbocycles. The lowest BCUT2D eigenvalue weighted by Crippen LogP contribution is -2.30. The smallest absolute Gasteiger partial charge is 0.306 e. The van der Waals surface area contributed by atoms with Gasteiger partial charge in [-0.05, 0) is 70.6 Å². The first-order valence-corrected chi connectivity index (χ1v) is 26.4. The van der Waals surface area contributed by atoms with Gasteiger partial charge in [-0.3, -0.25) is 14.4 Å². The van der Waals surface area contributed by atoms with Gasteiger partial charge in [0.2, 0.25) is 0 Å². The number of unbranched alkanes of at least 4 members (excludes halogenated alkanes) is 24. The number of carbonyl (C=O) groups excluding carboxylic acids is 3. The van der Waals surface area contributed by atoms with E-state index < -0.39 is 6.10 Å². The van der Waals surface area contributed by atoms with Gasteiger partial charge in [-0.2, -0.15) is 0 Å². The molecule has 6 heteroatoms. The average Bonchev–Trinajstić information content (AvgIpc) is 3.28. The van der Waals surface area contributed by atoms with Gasteiger partial charge >= 0.3 is 17.9 Å². The Bertz CT molecular complexity index is 1190. The summed E-state index contributed by atoms with van der Waals surface area (Å²) < 4.78 is 16.7. The fraction of sp³-hybridized carbons (Fsp3) is 0.737. The number of hydrogen-bond acceptors (Lipinski definition) is 6. The van der Waals surface area contributed by atoms with E-state index in [1.165, 1.54) is 103 Å². The van der Waals surface area contributed by atoms with E-state index in [-0.39, 0.29) is 31.1 Å². The molecule has 0 saturated heterocycles. The second-order valence-corrected chi connectivity index (χ2v) is 17.4. The van der Waals surface area contributed by atoms with Crippen LogP contribution >= 0.6 is 0 Å². The summed E-state index contributed by atoms with van der Waals surface area (Å²) in [4.78, 5) is 37.8. The first-order valence-electron chi connectivity index (χ1n) is 26.4. The Morgan fingerprint density at radius 2 is 0.619 bits per heavy atom. The van der Waals surface area contributed by atoms with E-state index in [2.05, 4.69) is 93.7 Å². The minimum absolute atomic E-state index is 0.0815. The molecular weight excluding hydrogens is 781 g/mol. The molecule has 0 spiro atoms. The highest BCUT2D eigenvalue weighted by Crippen LogP contribution is 2.15. The predicted molar refractivity (Wildman–Crippen MR) is 270 cm³/mol. The number of carbonyl (C=O) groups is 3. The second kappa shape index (κ2) is 51.5. The Balaban J connectivity index is 4.28. The third kappa shape index (κ3) is 49.7. The number of ether oxygens (including phenoxy) is 3. The molecule has 0 bridgehead atoms. The highest BCUT2D eigenvalue weighted by molar-refractivity contribution is 5.71. The third-order valence-electron chi connectivity index (χ3n) is 11.2. The van der Waals surface area contributed by atoms with Crippen molar-refractivity contribution in [3.05, 3.63) is 72.9 Å². The number of esters is 3. The first kappa shape index (κ1) is 59.9. The van der Waals surface area contributed by atoms with Crippen molar-refractivity contribution in [1.29, 1.82) is 0 Å². The molecule has 1 atom stereocenters. The minimum atomic E-state index is -0.780. The van der Waals surface area contributed by atoms with Crippen LogP contribution in [0.15, 0.2) is 72.9 Å². The highest BCUT2D eigenvalue weighted by Gasteiger charge is 2.19. The van der Waals surface area contributed by atoms with Gasteiger partial charge < -0.3 is 14.2 Å². The van der Waals surface area contributed by atoms with Crippen molar-refractivity contribution in [1.82, 2.24) is 0 Å². The van der Waals surface area contributed by atoms with E-state index >= 15 is 0 Å². The molecule has 0 heterocycles. The van der Waals surface area contributed by atoms with Crippen molar-refractivity contribution in [2.24, 2.45) is 0 Å². The van der Waals surface area contributed by atoms with Gasteiger partial charge in [0.15, 0.2) is 6.10 Å². The summed E-state index contributed by atoms with van der Waals surface area (Å²) >= 11 is 0. The Hall–Kier alpha value is -3.15. The average molecular weight is 879 g/mol. The molecule has 63 heavy (non-hydrogen) atoms. The summed E-state index contributed by atoms with van der Waals surface area (Å²) in [6.07, 6.45) is 64.7. The van der Waals surface area contributed by atoms with Crippen LogP contribution in [0, 0.1) is 0 Å². The van der Waals surface area contributed by atoms with Crippen molar-refractivity contribution in [2.75, 3.05) is 13.2 Å². The first-order chi connectivity index (χ1) is 31.0. The zero-order chi connectivity index (χ0) is 45.8. The van der Waals surface area contributed by atoms with Gasteiger partial charge in [0.05, 0.1) is 0 Å². The lowest BCUT2D eigenvalue weighted by atomic mass is 10.0. The molecule has 0 fully saturated rings. The van der Waals surface area contributed by atoms with E-state index in [1.54, 1.807) is 0 Å². The summed E-state index contributed by atoms with van der Waals surface area (Å²) in [6.45, 7) is 6.47. The fourth-order valence-electron chi connectivity index (χ4n) is 7.27. The second-order valence-electron chi connectivity index (χ2n) is 17.4. The summed E-state index contributed by atoms with van der Waals surface area (Å²) in [7, 11) is 0. The normalized spacial score (nSPS) is 12.6. The molecule has 0 aromatic heterocycles. The Morgan fingerprint density at radius 1 is 0.333 bits per heavy atom. The van der Waals surface area contributed by atoms with Crippen LogP contribution in [0.2, 0.25) is 0 Å². The molecule has 0 radical (unpaired) electrons. The lowest BCUT2D eigenvalue weighted by molar-refractivity contribution is -0.167. The van der Waals surface area contributed by atoms with E-state index in [9.17, 15) is 14.4 Å². The third-order valence-corrected chi connectivity index (χ3v) is 11.2. The van der Waals surface area contributed by atoms with Crippen molar-refractivity contribution in [3.8, 4) is 0 Å². The molecule has 0 aliphatic heterocycles. The van der Waals surface area contributed by atoms with Crippen molar-refractivity contribution < 1.29 is 28.6 Å². The van der Waals surface area contributed by atoms with Gasteiger partial charge in [0.1, 0.15) is 13.2 Å². The van der Waals surface area contributed by atoms with Gasteiger partial charge in [0, 0.05) is 19.3 Å². The van der Waals surface area contributed by atoms with Gasteiger partial charge in [-0.1, -0.05) is 235 Å². The van der Waals surface area contributed by atoms with Gasteiger partial charge in [0.25, 0.3) is 0 Å². The number of allylic oxidation sites excluding steroid dienone is 12. The largest absolute Gasteiger partial charge is 0.462 e. The van der Waals surface area contributed by atoms with Crippen LogP contribution in [0.25, 0.3) is 0 Å². The van der Waals surface area contributed by atoms with Crippen LogP contribution < -0.4 is 0 Å². The van der Waals surface area contributed by atoms with Crippen LogP contribution in [0.3, 0.4) is 0 Å². The number of hydrogen-bond donors (Lipinski definition) is 0. The summed E-state index contributed by atoms with van der Waals surface area (Å²) in [5.41, 5.74) is 0. The maximum Gasteiger partial charge on any atom is 0.306 e. The minimum Gasteiger partial charge on any atom is -0.462 e. The topological polar surface area (TPSA) is 78.9 Å². The number of rotatable bonds is 47. The van der Waals surface area contributed by atoms with Gasteiger partial charge in [-0.25, -0.2) is 0 Å². The molecule has 0 rings (SSSR count). The van der Waals surface area contributed by atoms with Crippen LogP contribution in [0.5, 0.6) is 0 Å². The predicted octanol–water partition coefficient (Wildman–Crippen LogP) is 17.4. The van der Waals surface area contributed by atoms with Crippen LogP contribution in [0.4, 0.5) is 0 Å². The molecular formula is C57H98O6. The maximum absolute atomic E-state index is 12.8. The van der Waals surface area contributed by atoms with Crippen LogP contribution in [-0.2, 0) is 28.6 Å². The van der Waals surface area contributed by atoms with Crippen molar-refractivity contribution in [2.45, 2.75) is 258 Å². The molecule has 1 unspecified atom stereocenters. The van der Waals surface area contributed by atoms with Crippen molar-refractivity contribution in [3.63, 3.8) is 0 Å². The molecule has 0 aliphatic rings. The standard InChI is InChI=1S/C57H98O6/c1-4-7-10-13-16-18-20-22-24-25-26-27-28-29-30-31-33-34-36-38-41-44-47-50-56(59)62-53-54(52-61-55(58)49-46-43-40-15-12-9-6-3)63-57(60)51-48-45-42-39-37-35-32-23-21-19-17-14-11-8-5-2/h7,10,16,18,22,24,26-27,29-30,33-34,54H,4-6,8-9,11-15,17,19-21,23,25,28,31-32,35-53H2,1-3H3/b10-7-,18-16-,24-22-,27-26-,30-29-,34-33-. The molecule has 362 valence electrons. The molecule has 0 amide bonds. The highest BCUT2D eigenvalue weighted by atomic mass is 16.6. The molecule has 0 aromatic rings. The Labute approximate surface area is 389 Å². The zero-order valence-electron chi connectivity index (χ0n) is 41.3. The molecule has 6 nitrogen and oxygen atoms in total. The monoisotopic (exact) mass is 879 g/mol. The maximum atomic E-state index is 12.8. The Morgan fingerprint density at radius 3 is 0.968 bits per heavy atom. The lowest BCUT2D eigenvalue weighted by Gasteiger charge is -2.18. The van der Waals surface area contributed by atoms with E-state index in [4.69, 9.17) is 14.2 Å². The molecule has 0 aliphatic carbocycles.